The van der Waals surface area contributed by atoms with E-state index >= 15 is 0 Å². The Bertz CT molecular complexity index is 1400. The van der Waals surface area contributed by atoms with E-state index in [1.807, 2.05) is 18.2 Å². The van der Waals surface area contributed by atoms with Crippen LogP contribution in [0, 0.1) is 30.1 Å². The molecule has 3 aromatic carbocycles. The molecule has 0 atom stereocenters. The molecule has 7 heteroatoms. The Morgan fingerprint density at radius 3 is 1.87 bits per heavy atom. The first-order chi connectivity index (χ1) is 19.0. The van der Waals surface area contributed by atoms with Gasteiger partial charge in [-0.2, -0.15) is 0 Å². The van der Waals surface area contributed by atoms with E-state index in [0.29, 0.717) is 37.9 Å². The van der Waals surface area contributed by atoms with Crippen molar-refractivity contribution in [2.45, 2.75) is 46.0 Å². The zero-order valence-corrected chi connectivity index (χ0v) is 22.9. The van der Waals surface area contributed by atoms with Crippen LogP contribution in [0.25, 0.3) is 0 Å². The molecule has 3 aromatic rings. The predicted octanol–water partition coefficient (Wildman–Crippen LogP) is 7.72. The molecule has 0 spiro atoms. The van der Waals surface area contributed by atoms with Crippen molar-refractivity contribution in [1.29, 1.82) is 16.2 Å². The van der Waals surface area contributed by atoms with Gasteiger partial charge in [0, 0.05) is 56.6 Å². The van der Waals surface area contributed by atoms with E-state index in [9.17, 15) is 0 Å². The fourth-order valence-corrected chi connectivity index (χ4v) is 4.18. The van der Waals surface area contributed by atoms with Crippen LogP contribution >= 0.6 is 0 Å². The number of benzene rings is 3. The van der Waals surface area contributed by atoms with Crippen LogP contribution in [0.5, 0.6) is 5.75 Å². The molecular weight excluding hydrogens is 484 g/mol. The molecule has 7 nitrogen and oxygen atoms in total. The average molecular weight is 521 g/mol. The number of nitrogens with zero attached hydrogens (tertiary/aromatic N) is 3. The Hall–Kier alpha value is -4.52. The van der Waals surface area contributed by atoms with Crippen molar-refractivity contribution >= 4 is 54.3 Å². The van der Waals surface area contributed by atoms with E-state index in [0.717, 1.165) is 39.3 Å². The number of hydrogen-bond donors (Lipinski definition) is 3. The summed E-state index contributed by atoms with van der Waals surface area (Å²) in [5.41, 5.74) is 9.30. The molecule has 0 unspecified atom stereocenters. The molecule has 0 fully saturated rings. The Labute approximate surface area is 231 Å². The van der Waals surface area contributed by atoms with Gasteiger partial charge < -0.3 is 21.0 Å². The fraction of sp³-hybridized carbons (Fsp3) is 0.250. The number of rotatable bonds is 14. The topological polar surface area (TPSA) is 118 Å². The molecule has 200 valence electrons. The maximum Gasteiger partial charge on any atom is 0.144 e. The van der Waals surface area contributed by atoms with Gasteiger partial charge in [0.1, 0.15) is 11.4 Å². The van der Waals surface area contributed by atoms with Crippen LogP contribution in [0.15, 0.2) is 63.5 Å². The molecule has 0 amide bonds. The largest absolute Gasteiger partial charge is 0.494 e. The zero-order valence-electron chi connectivity index (χ0n) is 22.9. The van der Waals surface area contributed by atoms with Crippen molar-refractivity contribution in [2.24, 2.45) is 15.0 Å². The summed E-state index contributed by atoms with van der Waals surface area (Å²) < 4.78 is 5.47. The molecule has 0 radical (unpaired) electrons. The van der Waals surface area contributed by atoms with Gasteiger partial charge in [-0.3, -0.25) is 15.0 Å². The summed E-state index contributed by atoms with van der Waals surface area (Å²) in [6.45, 7) is 4.18. The second-order valence-corrected chi connectivity index (χ2v) is 9.15. The monoisotopic (exact) mass is 520 g/mol. The Morgan fingerprint density at radius 2 is 1.26 bits per heavy atom. The standard InChI is InChI=1S/C32H36N6O/c1-23-7-9-26(29(17-23)36-14-4-11-33)21-27-22-30(37-15-5-12-34)28(18-24(27)2)19-25-8-10-32(39-3)31(20-25)38-16-6-13-35/h7-18,20,22,33-35H,4-6,19,21H2,1-3H3. The summed E-state index contributed by atoms with van der Waals surface area (Å²) in [5, 5.41) is 21.9. The minimum atomic E-state index is 0.469. The molecular formula is C32H36N6O. The van der Waals surface area contributed by atoms with Gasteiger partial charge in [0.15, 0.2) is 0 Å². The minimum absolute atomic E-state index is 0.469. The van der Waals surface area contributed by atoms with Crippen LogP contribution in [0.1, 0.15) is 52.6 Å². The third-order valence-corrected chi connectivity index (χ3v) is 6.16. The highest BCUT2D eigenvalue weighted by Crippen LogP contribution is 2.33. The van der Waals surface area contributed by atoms with Gasteiger partial charge in [-0.1, -0.05) is 24.3 Å². The molecule has 0 aliphatic heterocycles. The average Bonchev–Trinajstić information content (AvgIpc) is 2.93. The second kappa shape index (κ2) is 15.0. The Kier molecular flexibility index (Phi) is 11.2. The molecule has 3 N–H and O–H groups in total. The normalized spacial score (nSPS) is 11.5. The zero-order chi connectivity index (χ0) is 28.0. The number of aliphatic imine (C=N–C) groups is 3. The lowest BCUT2D eigenvalue weighted by Crippen LogP contribution is -1.98. The van der Waals surface area contributed by atoms with Crippen LogP contribution in [0.3, 0.4) is 0 Å². The maximum atomic E-state index is 7.39. The summed E-state index contributed by atoms with van der Waals surface area (Å²) in [6, 6.07) is 16.6. The van der Waals surface area contributed by atoms with Crippen molar-refractivity contribution in [2.75, 3.05) is 7.11 Å². The molecule has 0 aliphatic rings. The molecule has 0 aromatic heterocycles. The van der Waals surface area contributed by atoms with E-state index in [1.54, 1.807) is 25.8 Å². The van der Waals surface area contributed by atoms with Crippen molar-refractivity contribution in [3.63, 3.8) is 0 Å². The summed E-state index contributed by atoms with van der Waals surface area (Å²) in [4.78, 5) is 13.9. The number of methoxy groups -OCH3 is 1. The lowest BCUT2D eigenvalue weighted by Gasteiger charge is -2.15. The van der Waals surface area contributed by atoms with Crippen LogP contribution in [0.4, 0.5) is 17.1 Å². The highest BCUT2D eigenvalue weighted by atomic mass is 16.5. The van der Waals surface area contributed by atoms with E-state index in [4.69, 9.17) is 26.0 Å². The first kappa shape index (κ1) is 29.0. The fourth-order valence-electron chi connectivity index (χ4n) is 4.18. The highest BCUT2D eigenvalue weighted by molar-refractivity contribution is 5.81. The Morgan fingerprint density at radius 1 is 0.641 bits per heavy atom. The van der Waals surface area contributed by atoms with Crippen molar-refractivity contribution in [1.82, 2.24) is 0 Å². The molecule has 0 saturated heterocycles. The molecule has 39 heavy (non-hydrogen) atoms. The quantitative estimate of drug-likeness (QED) is 0.185. The van der Waals surface area contributed by atoms with E-state index in [1.165, 1.54) is 29.8 Å². The highest BCUT2D eigenvalue weighted by Gasteiger charge is 2.12. The summed E-state index contributed by atoms with van der Waals surface area (Å²) in [7, 11) is 1.63. The minimum Gasteiger partial charge on any atom is -0.494 e. The summed E-state index contributed by atoms with van der Waals surface area (Å²) in [6.07, 6.45) is 12.1. The third kappa shape index (κ3) is 8.50. The maximum absolute atomic E-state index is 7.39. The first-order valence-electron chi connectivity index (χ1n) is 12.9. The lowest BCUT2D eigenvalue weighted by molar-refractivity contribution is 0.416. The van der Waals surface area contributed by atoms with E-state index in [2.05, 4.69) is 54.2 Å². The first-order valence-corrected chi connectivity index (χ1v) is 12.9. The van der Waals surface area contributed by atoms with Gasteiger partial charge >= 0.3 is 0 Å². The van der Waals surface area contributed by atoms with Crippen LogP contribution in [-0.4, -0.2) is 44.4 Å². The SMILES string of the molecule is COc1ccc(Cc2cc(C)c(Cc3ccc(C)cc3N=CCC=N)cc2N=CCC=N)cc1N=CCC=N. The summed E-state index contributed by atoms with van der Waals surface area (Å²) >= 11 is 0. The van der Waals surface area contributed by atoms with E-state index < -0.39 is 0 Å². The molecule has 3 rings (SSSR count). The smallest absolute Gasteiger partial charge is 0.144 e. The van der Waals surface area contributed by atoms with Crippen LogP contribution < -0.4 is 4.74 Å². The summed E-state index contributed by atoms with van der Waals surface area (Å²) in [5.74, 6) is 0.688. The van der Waals surface area contributed by atoms with Gasteiger partial charge in [0.25, 0.3) is 0 Å². The van der Waals surface area contributed by atoms with Gasteiger partial charge in [0.05, 0.1) is 18.5 Å². The molecule has 0 bridgehead atoms. The van der Waals surface area contributed by atoms with Crippen LogP contribution in [0.2, 0.25) is 0 Å². The number of ether oxygens (including phenoxy) is 1. The van der Waals surface area contributed by atoms with Crippen molar-refractivity contribution < 1.29 is 4.74 Å². The predicted molar refractivity (Wildman–Crippen MR) is 166 cm³/mol. The van der Waals surface area contributed by atoms with Gasteiger partial charge in [-0.25, -0.2) is 0 Å². The van der Waals surface area contributed by atoms with Crippen molar-refractivity contribution in [3.8, 4) is 5.75 Å². The lowest BCUT2D eigenvalue weighted by atomic mass is 9.93. The second-order valence-electron chi connectivity index (χ2n) is 9.15. The number of hydrogen-bond acceptors (Lipinski definition) is 7. The van der Waals surface area contributed by atoms with Crippen LogP contribution in [-0.2, 0) is 12.8 Å². The van der Waals surface area contributed by atoms with E-state index in [-0.39, 0.29) is 0 Å². The van der Waals surface area contributed by atoms with Gasteiger partial charge in [0.2, 0.25) is 0 Å². The Balaban J connectivity index is 1.99. The number of nitrogens with one attached hydrogen (secondary N) is 3. The molecule has 0 heterocycles. The van der Waals surface area contributed by atoms with Gasteiger partial charge in [-0.05, 0) is 84.3 Å². The number of aryl methyl sites for hydroxylation is 2. The van der Waals surface area contributed by atoms with Crippen molar-refractivity contribution in [3.05, 3.63) is 81.9 Å². The third-order valence-electron chi connectivity index (χ3n) is 6.16. The van der Waals surface area contributed by atoms with Gasteiger partial charge in [-0.15, -0.1) is 0 Å². The molecule has 0 saturated carbocycles. The molecule has 0 aliphatic carbocycles.